The molecule has 4 N–H and O–H groups in total. The number of benzene rings is 1. The van der Waals surface area contributed by atoms with E-state index in [1.165, 1.54) is 6.07 Å². The minimum absolute atomic E-state index is 0.239. The standard InChI is InChI=1S/C14H15F4N3O/c1-13(2)9(10(13)11(22)21-12(19)20)6-3-4-8(15)7(5-6)14(16,17)18/h3-5,9-10H,1-2H3,(H4,19,20,21,22). The first-order valence-corrected chi connectivity index (χ1v) is 6.46. The van der Waals surface area contributed by atoms with Crippen LogP contribution in [-0.2, 0) is 11.0 Å². The van der Waals surface area contributed by atoms with Crippen LogP contribution in [0.3, 0.4) is 0 Å². The van der Waals surface area contributed by atoms with Gasteiger partial charge in [-0.15, -0.1) is 0 Å². The number of rotatable bonds is 2. The van der Waals surface area contributed by atoms with Gasteiger partial charge in [0.1, 0.15) is 5.82 Å². The number of aliphatic imine (C=N–C) groups is 1. The second kappa shape index (κ2) is 4.96. The highest BCUT2D eigenvalue weighted by atomic mass is 19.4. The zero-order valence-electron chi connectivity index (χ0n) is 11.9. The molecular weight excluding hydrogens is 302 g/mol. The first-order valence-electron chi connectivity index (χ1n) is 6.46. The molecule has 0 saturated heterocycles. The number of halogens is 4. The molecule has 0 bridgehead atoms. The molecule has 0 spiro atoms. The van der Waals surface area contributed by atoms with E-state index >= 15 is 0 Å². The van der Waals surface area contributed by atoms with Gasteiger partial charge in [-0.3, -0.25) is 4.79 Å². The van der Waals surface area contributed by atoms with Gasteiger partial charge in [0.2, 0.25) is 0 Å². The summed E-state index contributed by atoms with van der Waals surface area (Å²) in [6.07, 6.45) is -4.79. The number of guanidine groups is 1. The molecule has 0 aromatic heterocycles. The van der Waals surface area contributed by atoms with Gasteiger partial charge in [-0.1, -0.05) is 19.9 Å². The highest BCUT2D eigenvalue weighted by Crippen LogP contribution is 2.65. The van der Waals surface area contributed by atoms with Gasteiger partial charge in [0, 0.05) is 5.92 Å². The maximum atomic E-state index is 13.3. The molecule has 2 unspecified atom stereocenters. The summed E-state index contributed by atoms with van der Waals surface area (Å²) < 4.78 is 51.6. The lowest BCUT2D eigenvalue weighted by Crippen LogP contribution is -2.25. The fraction of sp³-hybridized carbons (Fsp3) is 0.429. The molecule has 8 heteroatoms. The van der Waals surface area contributed by atoms with Crippen LogP contribution in [0.1, 0.15) is 30.9 Å². The van der Waals surface area contributed by atoms with Crippen LogP contribution in [0.15, 0.2) is 23.2 Å². The van der Waals surface area contributed by atoms with Crippen LogP contribution in [0.25, 0.3) is 0 Å². The number of carbonyl (C=O) groups is 1. The molecule has 4 nitrogen and oxygen atoms in total. The monoisotopic (exact) mass is 317 g/mol. The first kappa shape index (κ1) is 16.3. The van der Waals surface area contributed by atoms with Gasteiger partial charge in [-0.2, -0.15) is 18.2 Å². The topological polar surface area (TPSA) is 81.5 Å². The Hall–Kier alpha value is -2.12. The highest BCUT2D eigenvalue weighted by molar-refractivity contribution is 5.95. The summed E-state index contributed by atoms with van der Waals surface area (Å²) in [4.78, 5) is 15.4. The number of amides is 1. The van der Waals surface area contributed by atoms with Gasteiger partial charge in [-0.05, 0) is 23.1 Å². The summed E-state index contributed by atoms with van der Waals surface area (Å²) >= 11 is 0. The largest absolute Gasteiger partial charge is 0.419 e. The maximum Gasteiger partial charge on any atom is 0.419 e. The van der Waals surface area contributed by atoms with Crippen LogP contribution < -0.4 is 11.5 Å². The molecule has 22 heavy (non-hydrogen) atoms. The lowest BCUT2D eigenvalue weighted by molar-refractivity contribution is -0.140. The molecule has 0 aliphatic heterocycles. The number of nitrogens with two attached hydrogens (primary N) is 2. The average Bonchev–Trinajstić information content (AvgIpc) is 2.90. The molecule has 1 fully saturated rings. The minimum Gasteiger partial charge on any atom is -0.370 e. The molecular formula is C14H15F4N3O. The molecule has 1 aromatic rings. The lowest BCUT2D eigenvalue weighted by atomic mass is 10.0. The zero-order valence-corrected chi connectivity index (χ0v) is 11.9. The van der Waals surface area contributed by atoms with Crippen molar-refractivity contribution in [3.8, 4) is 0 Å². The zero-order chi connectivity index (χ0) is 16.9. The second-order valence-electron chi connectivity index (χ2n) is 5.89. The van der Waals surface area contributed by atoms with Crippen LogP contribution >= 0.6 is 0 Å². The van der Waals surface area contributed by atoms with E-state index in [1.54, 1.807) is 13.8 Å². The summed E-state index contributed by atoms with van der Waals surface area (Å²) in [7, 11) is 0. The highest BCUT2D eigenvalue weighted by Gasteiger charge is 2.62. The van der Waals surface area contributed by atoms with E-state index in [0.717, 1.165) is 12.1 Å². The number of alkyl halides is 3. The van der Waals surface area contributed by atoms with E-state index in [1.807, 2.05) is 0 Å². The smallest absolute Gasteiger partial charge is 0.370 e. The molecule has 1 saturated carbocycles. The molecule has 0 radical (unpaired) electrons. The number of hydrogen-bond donors (Lipinski definition) is 2. The predicted molar refractivity (Wildman–Crippen MR) is 72.2 cm³/mol. The molecule has 0 heterocycles. The third-order valence-corrected chi connectivity index (χ3v) is 3.99. The van der Waals surface area contributed by atoms with E-state index in [-0.39, 0.29) is 5.56 Å². The van der Waals surface area contributed by atoms with E-state index in [2.05, 4.69) is 4.99 Å². The normalized spacial score (nSPS) is 23.0. The summed E-state index contributed by atoms with van der Waals surface area (Å²) in [6, 6.07) is 2.75. The Balaban J connectivity index is 2.38. The van der Waals surface area contributed by atoms with Crippen LogP contribution in [0.2, 0.25) is 0 Å². The third-order valence-electron chi connectivity index (χ3n) is 3.99. The van der Waals surface area contributed by atoms with Gasteiger partial charge in [0.15, 0.2) is 5.96 Å². The summed E-state index contributed by atoms with van der Waals surface area (Å²) in [6.45, 7) is 3.44. The third kappa shape index (κ3) is 2.77. The minimum atomic E-state index is -4.79. The van der Waals surface area contributed by atoms with Gasteiger partial charge < -0.3 is 11.5 Å². The lowest BCUT2D eigenvalue weighted by Gasteiger charge is -2.10. The van der Waals surface area contributed by atoms with Crippen molar-refractivity contribution < 1.29 is 22.4 Å². The van der Waals surface area contributed by atoms with Crippen molar-refractivity contribution in [3.05, 3.63) is 35.1 Å². The number of carbonyl (C=O) groups excluding carboxylic acids is 1. The van der Waals surface area contributed by atoms with E-state index in [0.29, 0.717) is 0 Å². The number of hydrogen-bond acceptors (Lipinski definition) is 1. The molecule has 1 aromatic carbocycles. The summed E-state index contributed by atoms with van der Waals surface area (Å²) in [5.41, 5.74) is 8.57. The van der Waals surface area contributed by atoms with E-state index in [9.17, 15) is 22.4 Å². The quantitative estimate of drug-likeness (QED) is 0.499. The van der Waals surface area contributed by atoms with Crippen LogP contribution in [0.5, 0.6) is 0 Å². The predicted octanol–water partition coefficient (Wildman–Crippen LogP) is 2.38. The summed E-state index contributed by atoms with van der Waals surface area (Å²) in [5.74, 6) is -3.47. The first-order chi connectivity index (χ1) is 9.96. The average molecular weight is 317 g/mol. The van der Waals surface area contributed by atoms with Gasteiger partial charge in [0.05, 0.1) is 11.5 Å². The SMILES string of the molecule is CC1(C)C(C(=O)N=C(N)N)C1c1ccc(F)c(C(F)(F)F)c1. The fourth-order valence-electron chi connectivity index (χ4n) is 2.87. The number of nitrogens with zero attached hydrogens (tertiary/aromatic N) is 1. The Bertz CT molecular complexity index is 648. The molecule has 120 valence electrons. The molecule has 2 rings (SSSR count). The van der Waals surface area contributed by atoms with Crippen molar-refractivity contribution in [1.82, 2.24) is 0 Å². The van der Waals surface area contributed by atoms with Crippen molar-refractivity contribution >= 4 is 11.9 Å². The maximum absolute atomic E-state index is 13.3. The Morgan fingerprint density at radius 1 is 1.27 bits per heavy atom. The molecule has 1 amide bonds. The van der Waals surface area contributed by atoms with Crippen molar-refractivity contribution in [1.29, 1.82) is 0 Å². The Morgan fingerprint density at radius 3 is 2.36 bits per heavy atom. The van der Waals surface area contributed by atoms with Gasteiger partial charge in [-0.25, -0.2) is 4.39 Å². The van der Waals surface area contributed by atoms with Gasteiger partial charge in [0.25, 0.3) is 5.91 Å². The van der Waals surface area contributed by atoms with E-state index < -0.39 is 46.7 Å². The Kier molecular flexibility index (Phi) is 3.67. The second-order valence-corrected chi connectivity index (χ2v) is 5.89. The van der Waals surface area contributed by atoms with Crippen molar-refractivity contribution in [3.63, 3.8) is 0 Å². The summed E-state index contributed by atoms with van der Waals surface area (Å²) in [5, 5.41) is 0. The van der Waals surface area contributed by atoms with Crippen LogP contribution in [0.4, 0.5) is 17.6 Å². The Morgan fingerprint density at radius 2 is 1.86 bits per heavy atom. The van der Waals surface area contributed by atoms with Crippen LogP contribution in [-0.4, -0.2) is 11.9 Å². The molecule has 1 aliphatic rings. The molecule has 1 aliphatic carbocycles. The van der Waals surface area contributed by atoms with Crippen molar-refractivity contribution in [2.45, 2.75) is 25.9 Å². The van der Waals surface area contributed by atoms with Crippen molar-refractivity contribution in [2.75, 3.05) is 0 Å². The van der Waals surface area contributed by atoms with Crippen LogP contribution in [0, 0.1) is 17.2 Å². The Labute approximate surface area is 124 Å². The fourth-order valence-corrected chi connectivity index (χ4v) is 2.87. The van der Waals surface area contributed by atoms with Crippen molar-refractivity contribution in [2.24, 2.45) is 27.8 Å². The van der Waals surface area contributed by atoms with Gasteiger partial charge >= 0.3 is 6.18 Å². The molecule has 2 atom stereocenters. The van der Waals surface area contributed by atoms with E-state index in [4.69, 9.17) is 11.5 Å².